The van der Waals surface area contributed by atoms with Crippen molar-refractivity contribution in [3.05, 3.63) is 65.7 Å². The molecule has 0 atom stereocenters. The summed E-state index contributed by atoms with van der Waals surface area (Å²) in [7, 11) is 0. The van der Waals surface area contributed by atoms with E-state index >= 15 is 0 Å². The maximum absolute atomic E-state index is 12.9. The Morgan fingerprint density at radius 2 is 1.87 bits per heavy atom. The lowest BCUT2D eigenvalue weighted by Gasteiger charge is -2.06. The van der Waals surface area contributed by atoms with Crippen molar-refractivity contribution < 1.29 is 13.7 Å². The molecular weight excluding hydrogens is 299 g/mol. The number of aromatic nitrogens is 2. The molecule has 0 fully saturated rings. The molecule has 0 aliphatic heterocycles. The number of benzene rings is 1. The molecule has 1 amide bonds. The second-order valence-electron chi connectivity index (χ2n) is 4.82. The lowest BCUT2D eigenvalue weighted by atomic mass is 10.1. The molecule has 2 aromatic heterocycles. The zero-order valence-corrected chi connectivity index (χ0v) is 12.0. The van der Waals surface area contributed by atoms with Gasteiger partial charge in [-0.15, -0.1) is 0 Å². The number of nitrogens with zero attached hydrogens (tertiary/aromatic N) is 2. The zero-order chi connectivity index (χ0) is 16.2. The number of hydrogen-bond acceptors (Lipinski definition) is 5. The Hall–Kier alpha value is -3.22. The number of hydrogen-bond donors (Lipinski definition) is 2. The molecular formula is C16H13FN4O2. The third kappa shape index (κ3) is 3.18. The van der Waals surface area contributed by atoms with E-state index in [2.05, 4.69) is 15.5 Å². The number of nitrogens with two attached hydrogens (primary N) is 1. The molecule has 0 aliphatic carbocycles. The van der Waals surface area contributed by atoms with Crippen molar-refractivity contribution >= 4 is 11.8 Å². The third-order valence-electron chi connectivity index (χ3n) is 3.27. The molecule has 3 N–H and O–H groups in total. The zero-order valence-electron chi connectivity index (χ0n) is 12.0. The quantitative estimate of drug-likeness (QED) is 0.771. The van der Waals surface area contributed by atoms with Gasteiger partial charge in [0.05, 0.1) is 0 Å². The summed E-state index contributed by atoms with van der Waals surface area (Å²) in [5.74, 6) is -0.809. The predicted octanol–water partition coefficient (Wildman–Crippen LogP) is 2.39. The number of nitrogens with one attached hydrogen (secondary N) is 1. The van der Waals surface area contributed by atoms with Gasteiger partial charge in [0.15, 0.2) is 0 Å². The van der Waals surface area contributed by atoms with Gasteiger partial charge in [-0.3, -0.25) is 9.78 Å². The second kappa shape index (κ2) is 6.27. The Morgan fingerprint density at radius 3 is 2.57 bits per heavy atom. The normalized spacial score (nSPS) is 10.5. The third-order valence-corrected chi connectivity index (χ3v) is 3.27. The van der Waals surface area contributed by atoms with E-state index in [4.69, 9.17) is 10.3 Å². The molecule has 0 unspecified atom stereocenters. The summed E-state index contributed by atoms with van der Waals surface area (Å²) < 4.78 is 17.8. The van der Waals surface area contributed by atoms with E-state index in [0.717, 1.165) is 5.56 Å². The molecule has 7 heteroatoms. The standard InChI is InChI=1S/C16H13FN4O2/c17-12-3-1-10(2-4-12)9-20-16(22)13-14(21-23-15(13)18)11-5-7-19-8-6-11/h1-8H,9,18H2,(H,20,22). The molecule has 0 radical (unpaired) electrons. The minimum atomic E-state index is -0.417. The first-order valence-electron chi connectivity index (χ1n) is 6.83. The second-order valence-corrected chi connectivity index (χ2v) is 4.82. The van der Waals surface area contributed by atoms with Crippen LogP contribution < -0.4 is 11.1 Å². The molecule has 0 bridgehead atoms. The average Bonchev–Trinajstić information content (AvgIpc) is 2.96. The lowest BCUT2D eigenvalue weighted by Crippen LogP contribution is -2.23. The van der Waals surface area contributed by atoms with Crippen LogP contribution in [-0.2, 0) is 6.54 Å². The molecule has 2 heterocycles. The number of nitrogen functional groups attached to an aromatic ring is 1. The van der Waals surface area contributed by atoms with E-state index in [9.17, 15) is 9.18 Å². The van der Waals surface area contributed by atoms with Crippen molar-refractivity contribution in [3.8, 4) is 11.3 Å². The van der Waals surface area contributed by atoms with Crippen LogP contribution in [-0.4, -0.2) is 16.0 Å². The van der Waals surface area contributed by atoms with Gasteiger partial charge in [0, 0.05) is 24.5 Å². The number of pyridine rings is 1. The number of halogens is 1. The molecule has 6 nitrogen and oxygen atoms in total. The summed E-state index contributed by atoms with van der Waals surface area (Å²) in [5, 5.41) is 6.55. The molecule has 1 aromatic carbocycles. The highest BCUT2D eigenvalue weighted by atomic mass is 19.1. The first-order valence-corrected chi connectivity index (χ1v) is 6.83. The van der Waals surface area contributed by atoms with Crippen LogP contribution in [0.3, 0.4) is 0 Å². The number of anilines is 1. The molecule has 3 rings (SSSR count). The molecule has 23 heavy (non-hydrogen) atoms. The lowest BCUT2D eigenvalue weighted by molar-refractivity contribution is 0.0952. The fourth-order valence-corrected chi connectivity index (χ4v) is 2.10. The molecule has 0 saturated heterocycles. The minimum Gasteiger partial charge on any atom is -0.367 e. The number of carbonyl (C=O) groups excluding carboxylic acids is 1. The topological polar surface area (TPSA) is 94.0 Å². The first-order chi connectivity index (χ1) is 11.1. The van der Waals surface area contributed by atoms with Gasteiger partial charge in [0.1, 0.15) is 17.1 Å². The summed E-state index contributed by atoms with van der Waals surface area (Å²) in [6.45, 7) is 0.236. The first kappa shape index (κ1) is 14.7. The van der Waals surface area contributed by atoms with Gasteiger partial charge < -0.3 is 15.6 Å². The molecule has 0 spiro atoms. The van der Waals surface area contributed by atoms with Gasteiger partial charge in [0.25, 0.3) is 5.91 Å². The Balaban J connectivity index is 1.80. The minimum absolute atomic E-state index is 0.0616. The molecule has 0 saturated carbocycles. The summed E-state index contributed by atoms with van der Waals surface area (Å²) in [5.41, 5.74) is 7.66. The van der Waals surface area contributed by atoms with Crippen LogP contribution in [0.5, 0.6) is 0 Å². The highest BCUT2D eigenvalue weighted by Gasteiger charge is 2.22. The maximum atomic E-state index is 12.9. The van der Waals surface area contributed by atoms with Crippen LogP contribution in [0, 0.1) is 5.82 Å². The van der Waals surface area contributed by atoms with Gasteiger partial charge in [-0.25, -0.2) is 4.39 Å². The largest absolute Gasteiger partial charge is 0.367 e. The van der Waals surface area contributed by atoms with Crippen LogP contribution in [0.1, 0.15) is 15.9 Å². The van der Waals surface area contributed by atoms with Gasteiger partial charge in [0.2, 0.25) is 5.88 Å². The van der Waals surface area contributed by atoms with Crippen molar-refractivity contribution in [2.24, 2.45) is 0 Å². The summed E-state index contributed by atoms with van der Waals surface area (Å²) >= 11 is 0. The molecule has 3 aromatic rings. The summed E-state index contributed by atoms with van der Waals surface area (Å²) in [6.07, 6.45) is 3.17. The van der Waals surface area contributed by atoms with E-state index in [-0.39, 0.29) is 23.8 Å². The molecule has 116 valence electrons. The van der Waals surface area contributed by atoms with Crippen molar-refractivity contribution in [3.63, 3.8) is 0 Å². The fraction of sp³-hybridized carbons (Fsp3) is 0.0625. The average molecular weight is 312 g/mol. The number of rotatable bonds is 4. The van der Waals surface area contributed by atoms with Crippen molar-refractivity contribution in [2.75, 3.05) is 5.73 Å². The smallest absolute Gasteiger partial charge is 0.259 e. The van der Waals surface area contributed by atoms with E-state index in [0.29, 0.717) is 11.3 Å². The Morgan fingerprint density at radius 1 is 1.17 bits per heavy atom. The van der Waals surface area contributed by atoms with E-state index in [1.165, 1.54) is 12.1 Å². The highest BCUT2D eigenvalue weighted by Crippen LogP contribution is 2.26. The van der Waals surface area contributed by atoms with E-state index in [1.807, 2.05) is 0 Å². The fourth-order valence-electron chi connectivity index (χ4n) is 2.10. The van der Waals surface area contributed by atoms with Gasteiger partial charge >= 0.3 is 0 Å². The predicted molar refractivity (Wildman–Crippen MR) is 81.7 cm³/mol. The van der Waals surface area contributed by atoms with E-state index < -0.39 is 5.91 Å². The molecule has 0 aliphatic rings. The number of amides is 1. The van der Waals surface area contributed by atoms with Gasteiger partial charge in [-0.2, -0.15) is 0 Å². The van der Waals surface area contributed by atoms with Crippen LogP contribution >= 0.6 is 0 Å². The van der Waals surface area contributed by atoms with Crippen molar-refractivity contribution in [1.29, 1.82) is 0 Å². The summed E-state index contributed by atoms with van der Waals surface area (Å²) in [6, 6.07) is 9.25. The Labute approximate surface area is 131 Å². The number of carbonyl (C=O) groups is 1. The maximum Gasteiger partial charge on any atom is 0.259 e. The van der Waals surface area contributed by atoms with Crippen LogP contribution in [0.4, 0.5) is 10.3 Å². The van der Waals surface area contributed by atoms with Gasteiger partial charge in [-0.05, 0) is 29.8 Å². The van der Waals surface area contributed by atoms with Crippen LogP contribution in [0.15, 0.2) is 53.3 Å². The van der Waals surface area contributed by atoms with Crippen molar-refractivity contribution in [2.45, 2.75) is 6.54 Å². The SMILES string of the molecule is Nc1onc(-c2ccncc2)c1C(=O)NCc1ccc(F)cc1. The summed E-state index contributed by atoms with van der Waals surface area (Å²) in [4.78, 5) is 16.3. The Bertz CT molecular complexity index is 816. The highest BCUT2D eigenvalue weighted by molar-refractivity contribution is 6.03. The van der Waals surface area contributed by atoms with Crippen molar-refractivity contribution in [1.82, 2.24) is 15.5 Å². The van der Waals surface area contributed by atoms with Crippen LogP contribution in [0.2, 0.25) is 0 Å². The monoisotopic (exact) mass is 312 g/mol. The Kier molecular flexibility index (Phi) is 4.01. The van der Waals surface area contributed by atoms with Gasteiger partial charge in [-0.1, -0.05) is 17.3 Å². The van der Waals surface area contributed by atoms with E-state index in [1.54, 1.807) is 36.7 Å². The van der Waals surface area contributed by atoms with Crippen LogP contribution in [0.25, 0.3) is 11.3 Å².